The molecule has 3 aromatic rings. The number of esters is 1. The number of aromatic nitrogens is 3. The molecule has 1 fully saturated rings. The highest BCUT2D eigenvalue weighted by atomic mass is 31.2. The molecule has 1 aliphatic heterocycles. The number of aliphatic hydroxyl groups excluding tert-OH is 1. The molecule has 0 aliphatic carbocycles. The maximum absolute atomic E-state index is 15.5. The smallest absolute Gasteiger partial charge is 0.459 e. The van der Waals surface area contributed by atoms with Crippen molar-refractivity contribution >= 4 is 24.6 Å². The number of aromatic amines is 1. The van der Waals surface area contributed by atoms with E-state index in [0.717, 1.165) is 16.3 Å². The SMILES string of the molecule is Cc1cc2c(F)c(OP(=O)(NC(C)C(=O)OC(C)C)OCC3OC(n4ccc(=O)[nH]c4=O)C(C)(C)C3O)ccc2n1C. The van der Waals surface area contributed by atoms with Gasteiger partial charge in [-0.05, 0) is 45.9 Å². The number of ether oxygens (including phenoxy) is 2. The van der Waals surface area contributed by atoms with Gasteiger partial charge in [-0.1, -0.05) is 13.8 Å². The Hall–Kier alpha value is -3.29. The summed E-state index contributed by atoms with van der Waals surface area (Å²) in [5.41, 5.74) is -1.04. The molecule has 1 aromatic carbocycles. The summed E-state index contributed by atoms with van der Waals surface area (Å²) < 4.78 is 54.8. The summed E-state index contributed by atoms with van der Waals surface area (Å²) >= 11 is 0. The van der Waals surface area contributed by atoms with Crippen molar-refractivity contribution in [2.24, 2.45) is 12.5 Å². The third-order valence-corrected chi connectivity index (χ3v) is 8.84. The van der Waals surface area contributed by atoms with Crippen LogP contribution in [0.1, 0.15) is 46.5 Å². The van der Waals surface area contributed by atoms with E-state index >= 15 is 4.39 Å². The molecule has 0 saturated carbocycles. The Labute approximate surface area is 241 Å². The number of hydrogen-bond acceptors (Lipinski definition) is 9. The van der Waals surface area contributed by atoms with E-state index in [1.54, 1.807) is 58.4 Å². The number of H-pyrrole nitrogens is 1. The molecule has 0 amide bonds. The number of hydrogen-bond donors (Lipinski definition) is 3. The predicted octanol–water partition coefficient (Wildman–Crippen LogP) is 2.89. The Morgan fingerprint density at radius 2 is 1.95 bits per heavy atom. The Morgan fingerprint density at radius 1 is 1.26 bits per heavy atom. The van der Waals surface area contributed by atoms with Gasteiger partial charge in [0.1, 0.15) is 18.4 Å². The van der Waals surface area contributed by atoms with Crippen molar-refractivity contribution < 1.29 is 37.4 Å². The van der Waals surface area contributed by atoms with Crippen LogP contribution >= 0.6 is 7.75 Å². The number of aliphatic hydroxyl groups is 1. The zero-order chi connectivity index (χ0) is 31.1. The molecule has 5 unspecified atom stereocenters. The minimum atomic E-state index is -4.54. The van der Waals surface area contributed by atoms with Gasteiger partial charge in [0.2, 0.25) is 0 Å². The third kappa shape index (κ3) is 6.23. The van der Waals surface area contributed by atoms with Gasteiger partial charge >= 0.3 is 19.4 Å². The topological polar surface area (TPSA) is 163 Å². The zero-order valence-electron chi connectivity index (χ0n) is 24.4. The molecule has 3 N–H and O–H groups in total. The van der Waals surface area contributed by atoms with Gasteiger partial charge in [-0.15, -0.1) is 0 Å². The van der Waals surface area contributed by atoms with Crippen LogP contribution in [0.5, 0.6) is 5.75 Å². The Kier molecular flexibility index (Phi) is 8.87. The quantitative estimate of drug-likeness (QED) is 0.230. The van der Waals surface area contributed by atoms with Crippen LogP contribution in [0, 0.1) is 18.2 Å². The number of benzene rings is 1. The monoisotopic (exact) mass is 610 g/mol. The summed E-state index contributed by atoms with van der Waals surface area (Å²) in [4.78, 5) is 38.6. The number of fused-ring (bicyclic) bond motifs is 1. The van der Waals surface area contributed by atoms with Crippen LogP contribution in [0.2, 0.25) is 0 Å². The first-order valence-corrected chi connectivity index (χ1v) is 14.9. The second-order valence-corrected chi connectivity index (χ2v) is 12.9. The van der Waals surface area contributed by atoms with Gasteiger partial charge in [0.05, 0.1) is 24.3 Å². The maximum Gasteiger partial charge on any atom is 0.459 e. The molecule has 0 radical (unpaired) electrons. The first-order valence-electron chi connectivity index (χ1n) is 13.4. The van der Waals surface area contributed by atoms with Crippen LogP contribution in [0.3, 0.4) is 0 Å². The second kappa shape index (κ2) is 11.8. The zero-order valence-corrected chi connectivity index (χ0v) is 25.3. The molecule has 230 valence electrons. The molecule has 0 bridgehead atoms. The molecular weight excluding hydrogens is 574 g/mol. The molecule has 13 nitrogen and oxygen atoms in total. The van der Waals surface area contributed by atoms with E-state index in [2.05, 4.69) is 10.1 Å². The number of carbonyl (C=O) groups is 1. The van der Waals surface area contributed by atoms with Crippen LogP contribution in [-0.2, 0) is 30.4 Å². The van der Waals surface area contributed by atoms with Gasteiger partial charge in [-0.3, -0.25) is 23.7 Å². The minimum absolute atomic E-state index is 0.233. The molecule has 5 atom stereocenters. The summed E-state index contributed by atoms with van der Waals surface area (Å²) in [5, 5.41) is 13.8. The highest BCUT2D eigenvalue weighted by molar-refractivity contribution is 7.52. The van der Waals surface area contributed by atoms with Crippen LogP contribution < -0.4 is 20.9 Å². The summed E-state index contributed by atoms with van der Waals surface area (Å²) in [5.74, 6) is -1.92. The number of halogens is 1. The lowest BCUT2D eigenvalue weighted by Gasteiger charge is -2.29. The van der Waals surface area contributed by atoms with Crippen LogP contribution in [-0.4, -0.2) is 56.2 Å². The fourth-order valence-electron chi connectivity index (χ4n) is 4.78. The molecule has 42 heavy (non-hydrogen) atoms. The summed E-state index contributed by atoms with van der Waals surface area (Å²) in [6, 6.07) is 4.46. The minimum Gasteiger partial charge on any atom is -0.462 e. The van der Waals surface area contributed by atoms with E-state index in [1.165, 1.54) is 19.2 Å². The highest BCUT2D eigenvalue weighted by Crippen LogP contribution is 2.49. The number of carbonyl (C=O) groups excluding carboxylic acids is 1. The Morgan fingerprint density at radius 3 is 2.60 bits per heavy atom. The van der Waals surface area contributed by atoms with Crippen molar-refractivity contribution in [3.05, 3.63) is 62.8 Å². The van der Waals surface area contributed by atoms with E-state index in [0.29, 0.717) is 5.52 Å². The van der Waals surface area contributed by atoms with Gasteiger partial charge in [-0.25, -0.2) is 13.8 Å². The lowest BCUT2D eigenvalue weighted by Crippen LogP contribution is -2.40. The molecule has 15 heteroatoms. The number of nitrogens with one attached hydrogen (secondary N) is 2. The number of aryl methyl sites for hydroxylation is 2. The average molecular weight is 611 g/mol. The van der Waals surface area contributed by atoms with Gasteiger partial charge in [-0.2, -0.15) is 5.09 Å². The lowest BCUT2D eigenvalue weighted by molar-refractivity contribution is -0.149. The van der Waals surface area contributed by atoms with Crippen molar-refractivity contribution in [3.8, 4) is 5.75 Å². The van der Waals surface area contributed by atoms with E-state index in [9.17, 15) is 24.1 Å². The molecule has 1 saturated heterocycles. The van der Waals surface area contributed by atoms with Gasteiger partial charge in [0, 0.05) is 35.8 Å². The maximum atomic E-state index is 15.5. The van der Waals surface area contributed by atoms with Crippen molar-refractivity contribution in [2.45, 2.75) is 72.1 Å². The Bertz CT molecular complexity index is 1650. The predicted molar refractivity (Wildman–Crippen MR) is 151 cm³/mol. The van der Waals surface area contributed by atoms with E-state index in [4.69, 9.17) is 18.5 Å². The molecular formula is C27H36FN4O9P. The largest absolute Gasteiger partial charge is 0.462 e. The van der Waals surface area contributed by atoms with Crippen molar-refractivity contribution in [2.75, 3.05) is 6.61 Å². The first-order chi connectivity index (χ1) is 19.5. The number of rotatable bonds is 10. The van der Waals surface area contributed by atoms with E-state index in [1.807, 2.05) is 0 Å². The number of nitrogens with zero attached hydrogens (tertiary/aromatic N) is 2. The normalized spacial score (nSPS) is 22.3. The molecule has 4 rings (SSSR count). The lowest BCUT2D eigenvalue weighted by atomic mass is 9.84. The van der Waals surface area contributed by atoms with Crippen LogP contribution in [0.4, 0.5) is 4.39 Å². The van der Waals surface area contributed by atoms with Gasteiger partial charge in [0.15, 0.2) is 11.6 Å². The van der Waals surface area contributed by atoms with Gasteiger partial charge < -0.3 is 23.7 Å². The molecule has 0 spiro atoms. The van der Waals surface area contributed by atoms with Gasteiger partial charge in [0.25, 0.3) is 5.56 Å². The van der Waals surface area contributed by atoms with E-state index in [-0.39, 0.29) is 11.1 Å². The summed E-state index contributed by atoms with van der Waals surface area (Å²) in [7, 11) is -2.76. The van der Waals surface area contributed by atoms with Crippen molar-refractivity contribution in [3.63, 3.8) is 0 Å². The molecule has 1 aliphatic rings. The summed E-state index contributed by atoms with van der Waals surface area (Å²) in [6.45, 7) is 9.23. The molecule has 2 aromatic heterocycles. The highest BCUT2D eigenvalue weighted by Gasteiger charge is 2.52. The van der Waals surface area contributed by atoms with Crippen molar-refractivity contribution in [1.29, 1.82) is 0 Å². The fourth-order valence-corrected chi connectivity index (χ4v) is 6.28. The second-order valence-electron chi connectivity index (χ2n) is 11.2. The third-order valence-electron chi connectivity index (χ3n) is 7.21. The summed E-state index contributed by atoms with van der Waals surface area (Å²) in [6.07, 6.45) is -2.62. The molecule has 3 heterocycles. The Balaban J connectivity index is 1.62. The van der Waals surface area contributed by atoms with Crippen LogP contribution in [0.15, 0.2) is 40.1 Å². The van der Waals surface area contributed by atoms with Crippen molar-refractivity contribution in [1.82, 2.24) is 19.2 Å². The fraction of sp³-hybridized carbons (Fsp3) is 0.519. The first kappa shape index (κ1) is 31.6. The van der Waals surface area contributed by atoms with Crippen LogP contribution in [0.25, 0.3) is 10.9 Å². The standard InChI is InChI=1S/C27H36FN4O9P/c1-14(2)39-24(35)16(4)30-42(37,41-19-9-8-18-17(22(19)28)12-15(3)31(18)7)38-13-20-23(34)27(5,6)25(40-20)32-11-10-21(33)29-26(32)36/h8-12,14,16,20,23,25,34H,13H2,1-7H3,(H,30,37)(H,29,33,36). The van der Waals surface area contributed by atoms with E-state index < -0.39 is 73.4 Å². The average Bonchev–Trinajstić information content (AvgIpc) is 3.31.